The van der Waals surface area contributed by atoms with Crippen LogP contribution in [0.1, 0.15) is 53.4 Å². The third-order valence-corrected chi connectivity index (χ3v) is 8.84. The smallest absolute Gasteiger partial charge is 0.254 e. The molecule has 37 heavy (non-hydrogen) atoms. The number of amides is 1. The van der Waals surface area contributed by atoms with Crippen LogP contribution in [0.3, 0.4) is 0 Å². The minimum atomic E-state index is -0.840. The molecule has 0 saturated carbocycles. The fourth-order valence-corrected chi connectivity index (χ4v) is 6.34. The van der Waals surface area contributed by atoms with E-state index in [1.54, 1.807) is 6.07 Å². The zero-order chi connectivity index (χ0) is 26.3. The van der Waals surface area contributed by atoms with Gasteiger partial charge in [0, 0.05) is 59.8 Å². The molecule has 10 heteroatoms. The third-order valence-electron chi connectivity index (χ3n) is 7.75. The summed E-state index contributed by atoms with van der Waals surface area (Å²) >= 11 is 8.08. The molecule has 1 aromatic heterocycles. The molecule has 0 radical (unpaired) electrons. The molecule has 2 saturated heterocycles. The second-order valence-corrected chi connectivity index (χ2v) is 11.5. The molecule has 5 rings (SSSR count). The summed E-state index contributed by atoms with van der Waals surface area (Å²) < 4.78 is 18.4. The maximum atomic E-state index is 13.2. The maximum absolute atomic E-state index is 13.2. The second kappa shape index (κ2) is 10.5. The van der Waals surface area contributed by atoms with E-state index < -0.39 is 5.79 Å². The van der Waals surface area contributed by atoms with Gasteiger partial charge in [0.25, 0.3) is 17.3 Å². The predicted octanol–water partition coefficient (Wildman–Crippen LogP) is 4.29. The fraction of sp³-hybridized carbons (Fsp3) is 0.556. The molecule has 0 spiro atoms. The van der Waals surface area contributed by atoms with Gasteiger partial charge in [-0.05, 0) is 64.6 Å². The van der Waals surface area contributed by atoms with Gasteiger partial charge in [-0.15, -0.1) is 11.8 Å². The number of aromatic nitrogens is 1. The first-order valence-electron chi connectivity index (χ1n) is 12.8. The third kappa shape index (κ3) is 5.24. The van der Waals surface area contributed by atoms with Gasteiger partial charge in [0.1, 0.15) is 0 Å². The highest BCUT2D eigenvalue weighted by molar-refractivity contribution is 7.98. The average molecular weight is 548 g/mol. The molecule has 2 atom stereocenters. The van der Waals surface area contributed by atoms with Crippen LogP contribution in [0.2, 0.25) is 5.02 Å². The first kappa shape index (κ1) is 26.4. The Balaban J connectivity index is 1.28. The van der Waals surface area contributed by atoms with Gasteiger partial charge in [-0.2, -0.15) is 0 Å². The highest BCUT2D eigenvalue weighted by Crippen LogP contribution is 2.51. The van der Waals surface area contributed by atoms with E-state index in [4.69, 9.17) is 25.8 Å². The second-order valence-electron chi connectivity index (χ2n) is 10.3. The standard InChI is InChI=1S/C27H34ClN3O5S/c1-15-11-22(37-4)20(26(33)30-15)13-29-25(32)19-12-21(28)24-23(16(19)2)35-27(3,36-24)17-5-8-31(9-6-17)14-18-7-10-34-18/h11-12,17-18H,5-10,13-14H2,1-4H3,(H,29,32)(H,30,33)/t18-,27-/m0/s1. The number of benzene rings is 1. The summed E-state index contributed by atoms with van der Waals surface area (Å²) in [5, 5.41) is 3.22. The molecule has 4 heterocycles. The van der Waals surface area contributed by atoms with Gasteiger partial charge in [-0.3, -0.25) is 9.59 Å². The number of nitrogens with one attached hydrogen (secondary N) is 2. The number of aromatic amines is 1. The normalized spacial score (nSPS) is 23.6. The quantitative estimate of drug-likeness (QED) is 0.500. The molecule has 3 aliphatic rings. The molecule has 0 bridgehead atoms. The van der Waals surface area contributed by atoms with E-state index in [1.165, 1.54) is 11.8 Å². The topological polar surface area (TPSA) is 92.9 Å². The number of carbonyl (C=O) groups is 1. The van der Waals surface area contributed by atoms with Crippen LogP contribution in [0.25, 0.3) is 0 Å². The molecular weight excluding hydrogens is 514 g/mol. The van der Waals surface area contributed by atoms with Gasteiger partial charge in [-0.25, -0.2) is 0 Å². The summed E-state index contributed by atoms with van der Waals surface area (Å²) in [7, 11) is 0. The van der Waals surface area contributed by atoms with E-state index in [9.17, 15) is 9.59 Å². The van der Waals surface area contributed by atoms with Gasteiger partial charge in [0.2, 0.25) is 0 Å². The SMILES string of the molecule is CSc1cc(C)[nH]c(=O)c1CNC(=O)c1cc(Cl)c2c(c1C)O[C@](C)(C1CCN(C[C@@H]3CCO3)CC1)O2. The number of ether oxygens (including phenoxy) is 3. The van der Waals surface area contributed by atoms with Crippen molar-refractivity contribution in [1.29, 1.82) is 0 Å². The van der Waals surface area contributed by atoms with E-state index in [0.29, 0.717) is 39.3 Å². The molecule has 2 aromatic rings. The number of hydrogen-bond donors (Lipinski definition) is 2. The Hall–Kier alpha value is -2.20. The summed E-state index contributed by atoms with van der Waals surface area (Å²) in [6, 6.07) is 3.53. The fourth-order valence-electron chi connectivity index (χ4n) is 5.40. The number of carbonyl (C=O) groups excluding carboxylic acids is 1. The first-order valence-corrected chi connectivity index (χ1v) is 14.4. The molecule has 0 unspecified atom stereocenters. The molecular formula is C27H34ClN3O5S. The summed E-state index contributed by atoms with van der Waals surface area (Å²) in [5.74, 6) is 0.0434. The lowest BCUT2D eigenvalue weighted by atomic mass is 9.89. The number of nitrogens with zero attached hydrogens (tertiary/aromatic N) is 1. The van der Waals surface area contributed by atoms with Gasteiger partial charge in [0.05, 0.1) is 11.1 Å². The zero-order valence-electron chi connectivity index (χ0n) is 21.7. The Morgan fingerprint density at radius 3 is 2.57 bits per heavy atom. The Morgan fingerprint density at radius 1 is 1.22 bits per heavy atom. The molecule has 2 N–H and O–H groups in total. The predicted molar refractivity (Wildman–Crippen MR) is 144 cm³/mol. The van der Waals surface area contributed by atoms with Crippen molar-refractivity contribution in [3.63, 3.8) is 0 Å². The number of thioether (sulfide) groups is 1. The minimum Gasteiger partial charge on any atom is -0.448 e. The van der Waals surface area contributed by atoms with Crippen LogP contribution < -0.4 is 20.3 Å². The highest BCUT2D eigenvalue weighted by atomic mass is 35.5. The monoisotopic (exact) mass is 547 g/mol. The lowest BCUT2D eigenvalue weighted by Gasteiger charge is -2.40. The van der Waals surface area contributed by atoms with E-state index in [1.807, 2.05) is 33.1 Å². The molecule has 3 aliphatic heterocycles. The van der Waals surface area contributed by atoms with Crippen molar-refractivity contribution < 1.29 is 19.0 Å². The molecule has 1 aromatic carbocycles. The van der Waals surface area contributed by atoms with Crippen LogP contribution in [0.15, 0.2) is 21.8 Å². The van der Waals surface area contributed by atoms with Crippen molar-refractivity contribution in [2.75, 3.05) is 32.5 Å². The molecule has 8 nitrogen and oxygen atoms in total. The van der Waals surface area contributed by atoms with Gasteiger partial charge >= 0.3 is 0 Å². The van der Waals surface area contributed by atoms with E-state index in [2.05, 4.69) is 15.2 Å². The van der Waals surface area contributed by atoms with Crippen LogP contribution in [-0.4, -0.2) is 60.2 Å². The Labute approximate surface area is 226 Å². The van der Waals surface area contributed by atoms with Crippen molar-refractivity contribution in [2.24, 2.45) is 5.92 Å². The largest absolute Gasteiger partial charge is 0.448 e. The number of aryl methyl sites for hydroxylation is 1. The first-order chi connectivity index (χ1) is 17.7. The number of likely N-dealkylation sites (tertiary alicyclic amines) is 1. The summed E-state index contributed by atoms with van der Waals surface area (Å²) in [4.78, 5) is 31.7. The summed E-state index contributed by atoms with van der Waals surface area (Å²) in [6.07, 6.45) is 5.32. The van der Waals surface area contributed by atoms with Crippen molar-refractivity contribution in [3.8, 4) is 11.5 Å². The van der Waals surface area contributed by atoms with Crippen molar-refractivity contribution in [3.05, 3.63) is 49.9 Å². The van der Waals surface area contributed by atoms with Crippen LogP contribution in [0.5, 0.6) is 11.5 Å². The average Bonchev–Trinajstić information content (AvgIpc) is 3.22. The Morgan fingerprint density at radius 2 is 1.92 bits per heavy atom. The number of hydrogen-bond acceptors (Lipinski definition) is 7. The summed E-state index contributed by atoms with van der Waals surface area (Å²) in [5.41, 5.74) is 2.18. The number of pyridine rings is 1. The lowest BCUT2D eigenvalue weighted by Crippen LogP contribution is -2.50. The van der Waals surface area contributed by atoms with Crippen molar-refractivity contribution >= 4 is 29.3 Å². The zero-order valence-corrected chi connectivity index (χ0v) is 23.3. The van der Waals surface area contributed by atoms with E-state index in [-0.39, 0.29) is 23.9 Å². The Kier molecular flexibility index (Phi) is 7.51. The van der Waals surface area contributed by atoms with Gasteiger partial charge in [-0.1, -0.05) is 11.6 Å². The molecule has 200 valence electrons. The molecule has 2 fully saturated rings. The molecule has 1 amide bonds. The Bertz CT molecular complexity index is 1260. The number of halogens is 1. The van der Waals surface area contributed by atoms with Crippen molar-refractivity contribution in [1.82, 2.24) is 15.2 Å². The minimum absolute atomic E-state index is 0.109. The van der Waals surface area contributed by atoms with E-state index in [0.717, 1.165) is 56.1 Å². The van der Waals surface area contributed by atoms with Gasteiger partial charge in [0.15, 0.2) is 11.5 Å². The van der Waals surface area contributed by atoms with E-state index >= 15 is 0 Å². The van der Waals surface area contributed by atoms with Crippen LogP contribution in [-0.2, 0) is 11.3 Å². The van der Waals surface area contributed by atoms with Gasteiger partial charge < -0.3 is 29.4 Å². The number of H-pyrrole nitrogens is 1. The van der Waals surface area contributed by atoms with Crippen molar-refractivity contribution in [2.45, 2.75) is 63.4 Å². The maximum Gasteiger partial charge on any atom is 0.254 e. The number of rotatable bonds is 7. The van der Waals surface area contributed by atoms with Crippen LogP contribution in [0.4, 0.5) is 0 Å². The van der Waals surface area contributed by atoms with Crippen LogP contribution >= 0.6 is 23.4 Å². The number of piperidine rings is 1. The highest BCUT2D eigenvalue weighted by Gasteiger charge is 2.47. The number of fused-ring (bicyclic) bond motifs is 1. The lowest BCUT2D eigenvalue weighted by molar-refractivity contribution is -0.129. The molecule has 0 aliphatic carbocycles. The van der Waals surface area contributed by atoms with Crippen LogP contribution in [0, 0.1) is 19.8 Å². The summed E-state index contributed by atoms with van der Waals surface area (Å²) in [6.45, 7) is 9.56.